The van der Waals surface area contributed by atoms with Crippen LogP contribution in [0.4, 0.5) is 5.69 Å². The molecular formula is C18H14N4O5S. The summed E-state index contributed by atoms with van der Waals surface area (Å²) < 4.78 is 17.6. The van der Waals surface area contributed by atoms with Crippen LogP contribution in [0.25, 0.3) is 11.5 Å². The lowest BCUT2D eigenvalue weighted by atomic mass is 10.1. The number of benzene rings is 1. The first-order valence-electron chi connectivity index (χ1n) is 8.15. The van der Waals surface area contributed by atoms with E-state index in [0.29, 0.717) is 34.3 Å². The van der Waals surface area contributed by atoms with Gasteiger partial charge in [-0.2, -0.15) is 5.10 Å². The van der Waals surface area contributed by atoms with Crippen molar-refractivity contribution in [2.24, 2.45) is 10.1 Å². The summed E-state index contributed by atoms with van der Waals surface area (Å²) in [4.78, 5) is 16.0. The predicted molar refractivity (Wildman–Crippen MR) is 103 cm³/mol. The van der Waals surface area contributed by atoms with Crippen molar-refractivity contribution >= 4 is 23.2 Å². The van der Waals surface area contributed by atoms with Crippen LogP contribution in [0.3, 0.4) is 0 Å². The minimum Gasteiger partial charge on any atom is -0.463 e. The maximum atomic E-state index is 11.4. The lowest BCUT2D eigenvalue weighted by molar-refractivity contribution is -0.385. The summed E-state index contributed by atoms with van der Waals surface area (Å²) in [6, 6.07) is 6.43. The number of hydrogen-bond donors (Lipinski definition) is 0. The molecule has 0 N–H and O–H groups in total. The van der Waals surface area contributed by atoms with Gasteiger partial charge in [0.05, 0.1) is 35.6 Å². The molecule has 0 fully saturated rings. The Morgan fingerprint density at radius 1 is 1.36 bits per heavy atom. The van der Waals surface area contributed by atoms with E-state index in [2.05, 4.69) is 16.7 Å². The Balaban J connectivity index is 1.81. The molecule has 0 unspecified atom stereocenters. The van der Waals surface area contributed by atoms with Gasteiger partial charge in [-0.15, -0.1) is 17.9 Å². The predicted octanol–water partition coefficient (Wildman–Crippen LogP) is 3.42. The molecule has 1 aliphatic rings. The van der Waals surface area contributed by atoms with Crippen LogP contribution in [0.1, 0.15) is 5.56 Å². The average Bonchev–Trinajstić information content (AvgIpc) is 3.43. The quantitative estimate of drug-likeness (QED) is 0.274. The van der Waals surface area contributed by atoms with E-state index in [1.807, 2.05) is 5.38 Å². The molecule has 0 amide bonds. The molecule has 0 radical (unpaired) electrons. The number of aromatic nitrogens is 1. The van der Waals surface area contributed by atoms with E-state index in [0.717, 1.165) is 0 Å². The van der Waals surface area contributed by atoms with Crippen molar-refractivity contribution in [3.05, 3.63) is 69.0 Å². The van der Waals surface area contributed by atoms with Gasteiger partial charge in [0.25, 0.3) is 5.69 Å². The summed E-state index contributed by atoms with van der Waals surface area (Å²) in [5.74, 6) is 1.38. The standard InChI is InChI=1S/C18H14N4O5S/c1-2-5-19-18-21(14(10-28-18)15-4-3-6-25-15)20-9-12-7-16-17(27-11-26-16)8-13(12)22(23)24/h2-4,6-10H,1,5,11H2. The Kier molecular flexibility index (Phi) is 4.77. The molecule has 1 aromatic carbocycles. The minimum atomic E-state index is -0.488. The molecule has 10 heteroatoms. The van der Waals surface area contributed by atoms with Crippen LogP contribution >= 0.6 is 11.3 Å². The Labute approximate surface area is 162 Å². The molecule has 0 saturated heterocycles. The topological polar surface area (TPSA) is 104 Å². The molecule has 28 heavy (non-hydrogen) atoms. The highest BCUT2D eigenvalue weighted by Crippen LogP contribution is 2.37. The van der Waals surface area contributed by atoms with Gasteiger partial charge in [-0.25, -0.2) is 4.68 Å². The number of hydrogen-bond acceptors (Lipinski definition) is 8. The first-order valence-corrected chi connectivity index (χ1v) is 9.03. The molecule has 0 aliphatic carbocycles. The van der Waals surface area contributed by atoms with Crippen molar-refractivity contribution in [1.82, 2.24) is 4.68 Å². The largest absolute Gasteiger partial charge is 0.463 e. The normalized spacial score (nSPS) is 13.4. The van der Waals surface area contributed by atoms with Crippen LogP contribution in [0, 0.1) is 10.1 Å². The summed E-state index contributed by atoms with van der Waals surface area (Å²) in [7, 11) is 0. The van der Waals surface area contributed by atoms with E-state index in [-0.39, 0.29) is 18.0 Å². The van der Waals surface area contributed by atoms with Crippen molar-refractivity contribution in [2.45, 2.75) is 0 Å². The Morgan fingerprint density at radius 3 is 2.89 bits per heavy atom. The third kappa shape index (κ3) is 3.32. The van der Waals surface area contributed by atoms with Gasteiger partial charge in [-0.05, 0) is 18.2 Å². The highest BCUT2D eigenvalue weighted by atomic mass is 32.1. The Hall–Kier alpha value is -3.66. The highest BCUT2D eigenvalue weighted by molar-refractivity contribution is 7.07. The fourth-order valence-electron chi connectivity index (χ4n) is 2.59. The van der Waals surface area contributed by atoms with Gasteiger partial charge in [0, 0.05) is 5.38 Å². The number of furan rings is 1. The van der Waals surface area contributed by atoms with E-state index in [9.17, 15) is 10.1 Å². The zero-order valence-corrected chi connectivity index (χ0v) is 15.3. The average molecular weight is 398 g/mol. The van der Waals surface area contributed by atoms with E-state index in [1.54, 1.807) is 29.1 Å². The molecule has 3 heterocycles. The van der Waals surface area contributed by atoms with Crippen LogP contribution in [0.5, 0.6) is 11.5 Å². The molecule has 9 nitrogen and oxygen atoms in total. The monoisotopic (exact) mass is 398 g/mol. The van der Waals surface area contributed by atoms with E-state index in [4.69, 9.17) is 13.9 Å². The first kappa shape index (κ1) is 17.7. The molecule has 0 atom stereocenters. The zero-order valence-electron chi connectivity index (χ0n) is 14.5. The van der Waals surface area contributed by atoms with Gasteiger partial charge >= 0.3 is 0 Å². The van der Waals surface area contributed by atoms with E-state index >= 15 is 0 Å². The van der Waals surface area contributed by atoms with Crippen LogP contribution in [0.2, 0.25) is 0 Å². The maximum absolute atomic E-state index is 11.4. The highest BCUT2D eigenvalue weighted by Gasteiger charge is 2.22. The maximum Gasteiger partial charge on any atom is 0.282 e. The molecule has 1 aliphatic heterocycles. The number of nitrogens with zero attached hydrogens (tertiary/aromatic N) is 4. The lowest BCUT2D eigenvalue weighted by Gasteiger charge is -2.02. The number of thiazole rings is 1. The van der Waals surface area contributed by atoms with E-state index in [1.165, 1.54) is 29.7 Å². The Morgan fingerprint density at radius 2 is 2.18 bits per heavy atom. The number of nitro groups is 1. The second-order valence-electron chi connectivity index (χ2n) is 5.59. The minimum absolute atomic E-state index is 0.0274. The van der Waals surface area contributed by atoms with Crippen LogP contribution < -0.4 is 14.3 Å². The van der Waals surface area contributed by atoms with Gasteiger partial charge in [-0.3, -0.25) is 15.1 Å². The molecule has 4 rings (SSSR count). The summed E-state index contributed by atoms with van der Waals surface area (Å²) in [5, 5.41) is 17.7. The molecule has 142 valence electrons. The molecule has 0 saturated carbocycles. The van der Waals surface area contributed by atoms with Crippen molar-refractivity contribution in [2.75, 3.05) is 13.3 Å². The van der Waals surface area contributed by atoms with Crippen molar-refractivity contribution in [3.63, 3.8) is 0 Å². The van der Waals surface area contributed by atoms with Crippen LogP contribution in [-0.2, 0) is 0 Å². The van der Waals surface area contributed by atoms with Gasteiger partial charge in [0.15, 0.2) is 17.3 Å². The fourth-order valence-corrected chi connectivity index (χ4v) is 3.41. The summed E-state index contributed by atoms with van der Waals surface area (Å²) in [6.07, 6.45) is 4.62. The van der Waals surface area contributed by atoms with Gasteiger partial charge in [0.1, 0.15) is 5.69 Å². The molecular weight excluding hydrogens is 384 g/mol. The number of nitro benzene ring substituents is 1. The molecule has 2 aromatic heterocycles. The number of fused-ring (bicyclic) bond motifs is 1. The lowest BCUT2D eigenvalue weighted by Crippen LogP contribution is -2.12. The summed E-state index contributed by atoms with van der Waals surface area (Å²) in [5.41, 5.74) is 0.832. The second kappa shape index (κ2) is 7.53. The third-order valence-electron chi connectivity index (χ3n) is 3.85. The van der Waals surface area contributed by atoms with E-state index < -0.39 is 4.92 Å². The third-order valence-corrected chi connectivity index (χ3v) is 4.70. The van der Waals surface area contributed by atoms with Crippen molar-refractivity contribution in [1.29, 1.82) is 0 Å². The van der Waals surface area contributed by atoms with Gasteiger partial charge < -0.3 is 13.9 Å². The zero-order chi connectivity index (χ0) is 19.5. The SMILES string of the molecule is C=CCN=c1scc(-c2ccco2)n1N=Cc1cc2c(cc1[N+](=O)[O-])OCO2. The van der Waals surface area contributed by atoms with Gasteiger partial charge in [-0.1, -0.05) is 6.08 Å². The summed E-state index contributed by atoms with van der Waals surface area (Å²) >= 11 is 1.38. The van der Waals surface area contributed by atoms with Crippen molar-refractivity contribution < 1.29 is 18.8 Å². The van der Waals surface area contributed by atoms with Crippen LogP contribution in [-0.4, -0.2) is 29.2 Å². The number of rotatable bonds is 6. The van der Waals surface area contributed by atoms with Gasteiger partial charge in [0.2, 0.25) is 11.6 Å². The second-order valence-corrected chi connectivity index (χ2v) is 6.42. The molecule has 0 bridgehead atoms. The first-order chi connectivity index (χ1) is 13.7. The number of ether oxygens (including phenoxy) is 2. The molecule has 3 aromatic rings. The Bertz CT molecular complexity index is 1130. The molecule has 0 spiro atoms. The fraction of sp³-hybridized carbons (Fsp3) is 0.111. The smallest absolute Gasteiger partial charge is 0.282 e. The van der Waals surface area contributed by atoms with Crippen LogP contribution in [0.15, 0.2) is 63.1 Å². The van der Waals surface area contributed by atoms with Crippen molar-refractivity contribution in [3.8, 4) is 23.0 Å². The summed E-state index contributed by atoms with van der Waals surface area (Å²) in [6.45, 7) is 4.11.